The highest BCUT2D eigenvalue weighted by atomic mass is 32.2. The zero-order valence-corrected chi connectivity index (χ0v) is 8.87. The number of nitrogens with zero attached hydrogens (tertiary/aromatic N) is 2. The van der Waals surface area contributed by atoms with Crippen molar-refractivity contribution in [3.05, 3.63) is 0 Å². The highest BCUT2D eigenvalue weighted by molar-refractivity contribution is 8.00. The molecule has 0 aromatic heterocycles. The van der Waals surface area contributed by atoms with E-state index in [0.29, 0.717) is 5.37 Å². The Balaban J connectivity index is 1.80. The summed E-state index contributed by atoms with van der Waals surface area (Å²) in [5, 5.41) is 5.17. The Morgan fingerprint density at radius 3 is 2.67 bits per heavy atom. The number of hydrogen-bond donors (Lipinski definition) is 0. The number of thioether (sulfide) groups is 2. The van der Waals surface area contributed by atoms with E-state index in [1.54, 1.807) is 0 Å². The molecule has 2 nitrogen and oxygen atoms in total. The van der Waals surface area contributed by atoms with Gasteiger partial charge in [-0.2, -0.15) is 11.8 Å². The van der Waals surface area contributed by atoms with Crippen molar-refractivity contribution in [3.8, 4) is 0 Å². The van der Waals surface area contributed by atoms with Crippen LogP contribution in [0.3, 0.4) is 0 Å². The molecule has 2 saturated heterocycles. The quantitative estimate of drug-likeness (QED) is 0.625. The van der Waals surface area contributed by atoms with Gasteiger partial charge in [0.05, 0.1) is 5.37 Å². The van der Waals surface area contributed by atoms with E-state index in [-0.39, 0.29) is 0 Å². The molecule has 4 heteroatoms. The van der Waals surface area contributed by atoms with Gasteiger partial charge in [-0.3, -0.25) is 4.90 Å². The molecule has 0 aliphatic carbocycles. The van der Waals surface area contributed by atoms with E-state index >= 15 is 0 Å². The Morgan fingerprint density at radius 2 is 2.00 bits per heavy atom. The van der Waals surface area contributed by atoms with E-state index in [4.69, 9.17) is 0 Å². The minimum atomic E-state index is 0.708. The molecule has 1 atom stereocenters. The van der Waals surface area contributed by atoms with Gasteiger partial charge in [-0.25, -0.2) is 5.32 Å². The molecule has 0 bridgehead atoms. The van der Waals surface area contributed by atoms with Gasteiger partial charge in [0.2, 0.25) is 0 Å². The third kappa shape index (κ3) is 2.31. The average molecular weight is 203 g/mol. The molecule has 69 valence electrons. The molecule has 2 aliphatic rings. The van der Waals surface area contributed by atoms with Crippen molar-refractivity contribution >= 4 is 23.5 Å². The van der Waals surface area contributed by atoms with Crippen molar-refractivity contribution < 1.29 is 0 Å². The fourth-order valence-corrected chi connectivity index (χ4v) is 3.66. The van der Waals surface area contributed by atoms with Gasteiger partial charge in [-0.05, 0) is 0 Å². The Bertz CT molecular complexity index is 115. The maximum absolute atomic E-state index is 4.46. The summed E-state index contributed by atoms with van der Waals surface area (Å²) in [5.74, 6) is 3.86. The number of hydrogen-bond acceptors (Lipinski definition) is 3. The highest BCUT2D eigenvalue weighted by Crippen LogP contribution is 2.21. The molecule has 1 unspecified atom stereocenters. The van der Waals surface area contributed by atoms with Crippen molar-refractivity contribution in [3.63, 3.8) is 0 Å². The third-order valence-electron chi connectivity index (χ3n) is 2.30. The Hall–Kier alpha value is 0.620. The first-order valence-corrected chi connectivity index (χ1v) is 6.74. The maximum atomic E-state index is 4.46. The van der Waals surface area contributed by atoms with E-state index in [2.05, 4.69) is 33.7 Å². The predicted molar refractivity (Wildman–Crippen MR) is 57.0 cm³/mol. The van der Waals surface area contributed by atoms with Crippen LogP contribution >= 0.6 is 23.5 Å². The van der Waals surface area contributed by atoms with Gasteiger partial charge in [-0.1, -0.05) is 0 Å². The summed E-state index contributed by atoms with van der Waals surface area (Å²) in [4.78, 5) is 2.60. The van der Waals surface area contributed by atoms with Gasteiger partial charge < -0.3 is 0 Å². The van der Waals surface area contributed by atoms with Crippen LogP contribution in [0.1, 0.15) is 0 Å². The first-order valence-electron chi connectivity index (χ1n) is 4.53. The minimum Gasteiger partial charge on any atom is -0.289 e. The molecular weight excluding hydrogens is 188 g/mol. The maximum Gasteiger partial charge on any atom is 0.0701 e. The summed E-state index contributed by atoms with van der Waals surface area (Å²) in [6, 6.07) is 0. The second kappa shape index (κ2) is 4.74. The van der Waals surface area contributed by atoms with Crippen LogP contribution in [0.2, 0.25) is 0 Å². The standard InChI is InChI=1S/C8H15N2S2/c1-4-12-8(7-9-1)10-2-5-11-6-3-10/h8H,1-7H2. The zero-order chi connectivity index (χ0) is 8.23. The molecule has 0 spiro atoms. The fourth-order valence-electron chi connectivity index (χ4n) is 1.59. The van der Waals surface area contributed by atoms with Crippen LogP contribution in [0.4, 0.5) is 0 Å². The van der Waals surface area contributed by atoms with Gasteiger partial charge in [0, 0.05) is 43.4 Å². The average Bonchev–Trinajstić information content (AvgIpc) is 2.21. The smallest absolute Gasteiger partial charge is 0.0701 e. The second-order valence-electron chi connectivity index (χ2n) is 3.10. The predicted octanol–water partition coefficient (Wildman–Crippen LogP) is 0.713. The minimum absolute atomic E-state index is 0.708. The number of rotatable bonds is 1. The lowest BCUT2D eigenvalue weighted by Gasteiger charge is -2.35. The van der Waals surface area contributed by atoms with Crippen LogP contribution in [0, 0.1) is 0 Å². The summed E-state index contributed by atoms with van der Waals surface area (Å²) in [6.45, 7) is 4.69. The van der Waals surface area contributed by atoms with Gasteiger partial charge in [0.25, 0.3) is 0 Å². The van der Waals surface area contributed by atoms with Crippen molar-refractivity contribution in [2.75, 3.05) is 43.4 Å². The van der Waals surface area contributed by atoms with Crippen LogP contribution in [0.25, 0.3) is 0 Å². The van der Waals surface area contributed by atoms with Crippen LogP contribution in [0.15, 0.2) is 0 Å². The van der Waals surface area contributed by atoms with E-state index in [1.165, 1.54) is 30.3 Å². The largest absolute Gasteiger partial charge is 0.289 e. The van der Waals surface area contributed by atoms with Gasteiger partial charge in [-0.15, -0.1) is 11.8 Å². The van der Waals surface area contributed by atoms with Crippen LogP contribution in [-0.4, -0.2) is 53.7 Å². The molecule has 0 amide bonds. The molecule has 0 aromatic carbocycles. The highest BCUT2D eigenvalue weighted by Gasteiger charge is 2.23. The first-order chi connectivity index (χ1) is 5.97. The summed E-state index contributed by atoms with van der Waals surface area (Å²) < 4.78 is 0. The van der Waals surface area contributed by atoms with Crippen LogP contribution in [0.5, 0.6) is 0 Å². The van der Waals surface area contributed by atoms with E-state index in [1.807, 2.05) is 0 Å². The zero-order valence-electron chi connectivity index (χ0n) is 7.24. The lowest BCUT2D eigenvalue weighted by atomic mass is 10.4. The molecular formula is C8H15N2S2. The van der Waals surface area contributed by atoms with Gasteiger partial charge in [0.15, 0.2) is 0 Å². The molecule has 12 heavy (non-hydrogen) atoms. The summed E-state index contributed by atoms with van der Waals surface area (Å²) in [5.41, 5.74) is 0. The Labute approximate surface area is 82.8 Å². The molecule has 2 rings (SSSR count). The Kier molecular flexibility index (Phi) is 3.63. The summed E-state index contributed by atoms with van der Waals surface area (Å²) >= 11 is 4.17. The molecule has 2 aliphatic heterocycles. The molecule has 0 N–H and O–H groups in total. The second-order valence-corrected chi connectivity index (χ2v) is 5.61. The van der Waals surface area contributed by atoms with Gasteiger partial charge >= 0.3 is 0 Å². The van der Waals surface area contributed by atoms with Crippen molar-refractivity contribution in [2.24, 2.45) is 0 Å². The normalized spacial score (nSPS) is 33.5. The molecule has 1 radical (unpaired) electrons. The van der Waals surface area contributed by atoms with E-state index in [0.717, 1.165) is 13.1 Å². The lowest BCUT2D eigenvalue weighted by molar-refractivity contribution is 0.273. The third-order valence-corrected chi connectivity index (χ3v) is 4.49. The van der Waals surface area contributed by atoms with E-state index in [9.17, 15) is 0 Å². The molecule has 0 aromatic rings. The Morgan fingerprint density at radius 1 is 1.17 bits per heavy atom. The van der Waals surface area contributed by atoms with E-state index < -0.39 is 0 Å². The fraction of sp³-hybridized carbons (Fsp3) is 1.00. The monoisotopic (exact) mass is 203 g/mol. The van der Waals surface area contributed by atoms with Crippen molar-refractivity contribution in [1.82, 2.24) is 10.2 Å². The van der Waals surface area contributed by atoms with Gasteiger partial charge in [0.1, 0.15) is 0 Å². The lowest BCUT2D eigenvalue weighted by Crippen LogP contribution is -2.45. The molecule has 2 heterocycles. The SMILES string of the molecule is C1CSC(N2CCSCC2)C[N]1. The summed E-state index contributed by atoms with van der Waals surface area (Å²) in [6.07, 6.45) is 0. The molecule has 2 fully saturated rings. The van der Waals surface area contributed by atoms with Crippen LogP contribution < -0.4 is 5.32 Å². The summed E-state index contributed by atoms with van der Waals surface area (Å²) in [7, 11) is 0. The van der Waals surface area contributed by atoms with Crippen molar-refractivity contribution in [2.45, 2.75) is 5.37 Å². The van der Waals surface area contributed by atoms with Crippen LogP contribution in [-0.2, 0) is 0 Å². The molecule has 0 saturated carbocycles. The first kappa shape index (κ1) is 9.19. The topological polar surface area (TPSA) is 17.3 Å². The van der Waals surface area contributed by atoms with Crippen molar-refractivity contribution in [1.29, 1.82) is 0 Å².